The highest BCUT2D eigenvalue weighted by Gasteiger charge is 2.53. The van der Waals surface area contributed by atoms with E-state index in [1.807, 2.05) is 0 Å². The second-order valence-corrected chi connectivity index (χ2v) is 9.01. The summed E-state index contributed by atoms with van der Waals surface area (Å²) in [6, 6.07) is 24.4. The van der Waals surface area contributed by atoms with Gasteiger partial charge in [0.25, 0.3) is 0 Å². The van der Waals surface area contributed by atoms with Crippen molar-refractivity contribution in [1.82, 2.24) is 10.2 Å². The number of nitrogens with one attached hydrogen (secondary N) is 1. The van der Waals surface area contributed by atoms with Gasteiger partial charge in [-0.15, -0.1) is 0 Å². The molecule has 2 amide bonds. The van der Waals surface area contributed by atoms with Crippen LogP contribution in [0.15, 0.2) is 103 Å². The molecule has 204 valence electrons. The molecule has 5 rings (SSSR count). The molecule has 0 radical (unpaired) electrons. The van der Waals surface area contributed by atoms with E-state index in [4.69, 9.17) is 18.9 Å². The van der Waals surface area contributed by atoms with Crippen molar-refractivity contribution in [3.8, 4) is 0 Å². The molecule has 10 heteroatoms. The van der Waals surface area contributed by atoms with Gasteiger partial charge in [0.2, 0.25) is 0 Å². The minimum Gasteiger partial charge on any atom is -0.459 e. The molecule has 0 saturated carbocycles. The zero-order valence-electron chi connectivity index (χ0n) is 21.3. The van der Waals surface area contributed by atoms with Gasteiger partial charge in [-0.25, -0.2) is 19.2 Å². The normalized spacial score (nSPS) is 21.8. The maximum absolute atomic E-state index is 13.1. The van der Waals surface area contributed by atoms with Gasteiger partial charge in [0.05, 0.1) is 16.7 Å². The molecule has 2 aliphatic heterocycles. The quantitative estimate of drug-likeness (QED) is 0.339. The predicted molar refractivity (Wildman–Crippen MR) is 141 cm³/mol. The number of nitrogens with zero attached hydrogens (tertiary/aromatic N) is 1. The molecule has 40 heavy (non-hydrogen) atoms. The molecule has 0 aliphatic carbocycles. The van der Waals surface area contributed by atoms with Crippen LogP contribution in [0.5, 0.6) is 0 Å². The van der Waals surface area contributed by atoms with Gasteiger partial charge in [-0.1, -0.05) is 54.6 Å². The first-order valence-electron chi connectivity index (χ1n) is 12.6. The lowest BCUT2D eigenvalue weighted by molar-refractivity contribution is -0.0827. The minimum atomic E-state index is -1.24. The zero-order chi connectivity index (χ0) is 27.9. The predicted octanol–water partition coefficient (Wildman–Crippen LogP) is 3.56. The molecule has 1 N–H and O–H groups in total. The van der Waals surface area contributed by atoms with Crippen molar-refractivity contribution in [1.29, 1.82) is 0 Å². The van der Waals surface area contributed by atoms with Crippen molar-refractivity contribution in [3.05, 3.63) is 120 Å². The van der Waals surface area contributed by atoms with Crippen molar-refractivity contribution in [3.63, 3.8) is 0 Å². The number of amides is 2. The molecule has 0 spiro atoms. The lowest BCUT2D eigenvalue weighted by Crippen LogP contribution is -2.53. The molecule has 2 heterocycles. The smallest absolute Gasteiger partial charge is 0.338 e. The van der Waals surface area contributed by atoms with Crippen LogP contribution in [0.4, 0.5) is 4.79 Å². The molecule has 0 bridgehead atoms. The van der Waals surface area contributed by atoms with Gasteiger partial charge in [-0.3, -0.25) is 4.90 Å². The summed E-state index contributed by atoms with van der Waals surface area (Å²) < 4.78 is 23.4. The summed E-state index contributed by atoms with van der Waals surface area (Å²) in [6.45, 7) is -0.187. The molecule has 0 aromatic heterocycles. The summed E-state index contributed by atoms with van der Waals surface area (Å²) in [6.07, 6.45) is -1.48. The lowest BCUT2D eigenvalue weighted by atomic mass is 10.1. The van der Waals surface area contributed by atoms with Gasteiger partial charge in [0.1, 0.15) is 12.7 Å². The largest absolute Gasteiger partial charge is 0.459 e. The highest BCUT2D eigenvalue weighted by atomic mass is 16.7. The van der Waals surface area contributed by atoms with Crippen LogP contribution in [0.1, 0.15) is 31.1 Å². The van der Waals surface area contributed by atoms with Gasteiger partial charge in [-0.2, -0.15) is 0 Å². The van der Waals surface area contributed by atoms with Gasteiger partial charge < -0.3 is 24.3 Å². The molecule has 1 unspecified atom stereocenters. The number of ether oxygens (including phenoxy) is 4. The highest BCUT2D eigenvalue weighted by Crippen LogP contribution is 2.32. The van der Waals surface area contributed by atoms with Crippen LogP contribution in [0.3, 0.4) is 0 Å². The van der Waals surface area contributed by atoms with Crippen molar-refractivity contribution in [2.75, 3.05) is 13.2 Å². The van der Waals surface area contributed by atoms with E-state index in [1.165, 1.54) is 11.1 Å². The Morgan fingerprint density at radius 1 is 0.750 bits per heavy atom. The fraction of sp³-hybridized carbons (Fsp3) is 0.200. The standard InChI is InChI=1S/C30H26N2O8/c33-27(20-11-4-1-5-12-20)37-19-23-24(39-28(34)21-13-6-2-7-14-21)25(40-29(35)22-15-8-3-9-16-22)26(38-23)32-18-10-17-31-30(32)36/h1-17,23-26H,18-19H2,(H,31,36)/t23-,24+,25?,26-/m1/s1. The maximum atomic E-state index is 13.1. The Hall–Kier alpha value is -4.96. The monoisotopic (exact) mass is 542 g/mol. The first-order chi connectivity index (χ1) is 19.5. The lowest BCUT2D eigenvalue weighted by Gasteiger charge is -2.32. The van der Waals surface area contributed by atoms with Gasteiger partial charge in [-0.05, 0) is 42.5 Å². The van der Waals surface area contributed by atoms with E-state index >= 15 is 0 Å². The molecule has 10 nitrogen and oxygen atoms in total. The number of urea groups is 1. The summed E-state index contributed by atoms with van der Waals surface area (Å²) in [5.74, 6) is -2.01. The van der Waals surface area contributed by atoms with Crippen LogP contribution in [0, 0.1) is 0 Å². The third kappa shape index (κ3) is 6.02. The summed E-state index contributed by atoms with van der Waals surface area (Å²) >= 11 is 0. The number of hydrogen-bond donors (Lipinski definition) is 1. The van der Waals surface area contributed by atoms with E-state index in [9.17, 15) is 19.2 Å². The molecule has 3 aromatic carbocycles. The van der Waals surface area contributed by atoms with Crippen LogP contribution >= 0.6 is 0 Å². The molecule has 1 fully saturated rings. The van der Waals surface area contributed by atoms with Crippen molar-refractivity contribution >= 4 is 23.9 Å². The van der Waals surface area contributed by atoms with Crippen LogP contribution in [0.2, 0.25) is 0 Å². The van der Waals surface area contributed by atoms with Crippen molar-refractivity contribution in [2.24, 2.45) is 0 Å². The van der Waals surface area contributed by atoms with Crippen LogP contribution in [0.25, 0.3) is 0 Å². The second kappa shape index (κ2) is 12.3. The average molecular weight is 543 g/mol. The molecule has 2 aliphatic rings. The first kappa shape index (κ1) is 26.6. The molecule has 3 aromatic rings. The average Bonchev–Trinajstić information content (AvgIpc) is 3.33. The fourth-order valence-corrected chi connectivity index (χ4v) is 4.39. The Labute approximate surface area is 230 Å². The topological polar surface area (TPSA) is 120 Å². The Bertz CT molecular complexity index is 1380. The third-order valence-electron chi connectivity index (χ3n) is 6.37. The SMILES string of the molecule is O=C(OC[C@H]1O[C@@H](N2CC=CNC2=O)C(OC(=O)c2ccccc2)[C@H]1OC(=O)c1ccccc1)c1ccccc1. The van der Waals surface area contributed by atoms with Crippen LogP contribution in [-0.4, -0.2) is 66.5 Å². The Balaban J connectivity index is 1.45. The summed E-state index contributed by atoms with van der Waals surface area (Å²) in [4.78, 5) is 53.0. The molecule has 4 atom stereocenters. The number of benzene rings is 3. The summed E-state index contributed by atoms with van der Waals surface area (Å²) in [7, 11) is 0. The number of carbonyl (C=O) groups excluding carboxylic acids is 4. The number of hydrogen-bond acceptors (Lipinski definition) is 8. The summed E-state index contributed by atoms with van der Waals surface area (Å²) in [5, 5.41) is 2.58. The Morgan fingerprint density at radius 2 is 1.25 bits per heavy atom. The van der Waals surface area contributed by atoms with E-state index in [1.54, 1.807) is 97.1 Å². The number of carbonyl (C=O) groups is 4. The van der Waals surface area contributed by atoms with Gasteiger partial charge in [0.15, 0.2) is 18.4 Å². The Morgan fingerprint density at radius 3 is 1.77 bits per heavy atom. The number of rotatable bonds is 8. The maximum Gasteiger partial charge on any atom is 0.338 e. The molecular weight excluding hydrogens is 516 g/mol. The molecule has 1 saturated heterocycles. The highest BCUT2D eigenvalue weighted by molar-refractivity contribution is 5.91. The second-order valence-electron chi connectivity index (χ2n) is 9.01. The zero-order valence-corrected chi connectivity index (χ0v) is 21.3. The van der Waals surface area contributed by atoms with Crippen molar-refractivity contribution in [2.45, 2.75) is 24.5 Å². The van der Waals surface area contributed by atoms with Crippen LogP contribution < -0.4 is 5.32 Å². The Kier molecular flexibility index (Phi) is 8.17. The third-order valence-corrected chi connectivity index (χ3v) is 6.37. The first-order valence-corrected chi connectivity index (χ1v) is 12.6. The van der Waals surface area contributed by atoms with E-state index in [2.05, 4.69) is 5.32 Å². The summed E-state index contributed by atoms with van der Waals surface area (Å²) in [5.41, 5.74) is 0.844. The van der Waals surface area contributed by atoms with Gasteiger partial charge >= 0.3 is 23.9 Å². The van der Waals surface area contributed by atoms with E-state index in [0.29, 0.717) is 5.56 Å². The fourth-order valence-electron chi connectivity index (χ4n) is 4.39. The van der Waals surface area contributed by atoms with Gasteiger partial charge in [0, 0.05) is 12.7 Å². The van der Waals surface area contributed by atoms with Crippen molar-refractivity contribution < 1.29 is 38.1 Å². The van der Waals surface area contributed by atoms with E-state index in [0.717, 1.165) is 0 Å². The minimum absolute atomic E-state index is 0.145. The number of esters is 3. The van der Waals surface area contributed by atoms with E-state index in [-0.39, 0.29) is 24.3 Å². The van der Waals surface area contributed by atoms with E-state index < -0.39 is 48.5 Å². The molecular formula is C30H26N2O8. The van der Waals surface area contributed by atoms with Crippen LogP contribution in [-0.2, 0) is 18.9 Å².